The predicted molar refractivity (Wildman–Crippen MR) is 163 cm³/mol. The van der Waals surface area contributed by atoms with Gasteiger partial charge in [0.15, 0.2) is 0 Å². The Labute approximate surface area is 258 Å². The molecule has 0 radical (unpaired) electrons. The van der Waals surface area contributed by atoms with E-state index in [1.807, 2.05) is 0 Å². The highest BCUT2D eigenvalue weighted by Crippen LogP contribution is 2.42. The van der Waals surface area contributed by atoms with Gasteiger partial charge in [-0.15, -0.1) is 0 Å². The number of nitrogens with two attached hydrogens (primary N) is 1. The number of aliphatic hydroxyl groups excluding tert-OH is 1. The fraction of sp³-hybridized carbons (Fsp3) is 0.290. The smallest absolute Gasteiger partial charge is 0.325 e. The van der Waals surface area contributed by atoms with Crippen LogP contribution >= 0.6 is 0 Å². The van der Waals surface area contributed by atoms with Crippen LogP contribution in [0.5, 0.6) is 11.5 Å². The zero-order valence-electron chi connectivity index (χ0n) is 24.7. The molecule has 2 heterocycles. The maximum Gasteiger partial charge on any atom is 0.325 e. The number of ether oxygens (including phenoxy) is 3. The molecule has 238 valence electrons. The van der Waals surface area contributed by atoms with Crippen LogP contribution in [0.2, 0.25) is 0 Å². The third-order valence-electron chi connectivity index (χ3n) is 7.24. The minimum Gasteiger partial charge on any atom is -0.462 e. The number of anilines is 1. The molecule has 3 atom stereocenters. The minimum absolute atomic E-state index is 0.186. The van der Waals surface area contributed by atoms with Gasteiger partial charge in [0, 0.05) is 29.6 Å². The Bertz CT molecular complexity index is 1830. The Morgan fingerprint density at radius 3 is 2.38 bits per heavy atom. The number of fused-ring (bicyclic) bond motifs is 2. The Morgan fingerprint density at radius 1 is 1.13 bits per heavy atom. The third-order valence-corrected chi connectivity index (χ3v) is 8.39. The van der Waals surface area contributed by atoms with Crippen molar-refractivity contribution in [3.8, 4) is 22.8 Å². The molecule has 0 unspecified atom stereocenters. The molecule has 0 spiro atoms. The number of aliphatic hydroxyl groups is 1. The van der Waals surface area contributed by atoms with Crippen LogP contribution in [0.1, 0.15) is 28.9 Å². The number of carbonyl (C=O) groups is 2. The Hall–Kier alpha value is -4.50. The summed E-state index contributed by atoms with van der Waals surface area (Å²) < 4.78 is 63.7. The number of amides is 1. The molecular formula is C31H32FN3O9S. The second kappa shape index (κ2) is 12.9. The number of hydrogen-bond acceptors (Lipinski definition) is 10. The summed E-state index contributed by atoms with van der Waals surface area (Å²) in [7, 11) is -2.38. The molecule has 0 fully saturated rings. The van der Waals surface area contributed by atoms with E-state index in [2.05, 4.69) is 5.32 Å². The second-order valence-corrected chi connectivity index (χ2v) is 12.4. The predicted octanol–water partition coefficient (Wildman–Crippen LogP) is 3.48. The van der Waals surface area contributed by atoms with E-state index in [-0.39, 0.29) is 41.6 Å². The van der Waals surface area contributed by atoms with Crippen molar-refractivity contribution in [1.82, 2.24) is 5.32 Å². The van der Waals surface area contributed by atoms with Crippen molar-refractivity contribution in [3.63, 3.8) is 0 Å². The molecule has 0 saturated heterocycles. The second-order valence-electron chi connectivity index (χ2n) is 10.5. The molecule has 3 aromatic carbocycles. The first kappa shape index (κ1) is 31.9. The van der Waals surface area contributed by atoms with E-state index < -0.39 is 46.8 Å². The number of benzene rings is 3. The summed E-state index contributed by atoms with van der Waals surface area (Å²) >= 11 is 0. The van der Waals surface area contributed by atoms with Gasteiger partial charge in [-0.1, -0.05) is 0 Å². The van der Waals surface area contributed by atoms with E-state index in [0.717, 1.165) is 10.6 Å². The first-order valence-corrected chi connectivity index (χ1v) is 15.8. The monoisotopic (exact) mass is 641 g/mol. The third kappa shape index (κ3) is 6.78. The summed E-state index contributed by atoms with van der Waals surface area (Å²) in [6, 6.07) is 14.3. The van der Waals surface area contributed by atoms with Gasteiger partial charge in [0.25, 0.3) is 5.91 Å². The molecule has 14 heteroatoms. The van der Waals surface area contributed by atoms with E-state index in [1.54, 1.807) is 43.3 Å². The normalized spacial score (nSPS) is 17.3. The van der Waals surface area contributed by atoms with Gasteiger partial charge in [0.2, 0.25) is 10.0 Å². The highest BCUT2D eigenvalue weighted by Gasteiger charge is 2.34. The summed E-state index contributed by atoms with van der Waals surface area (Å²) in [6.07, 6.45) is -0.515. The number of nitrogens with one attached hydrogen (secondary N) is 1. The van der Waals surface area contributed by atoms with E-state index in [0.29, 0.717) is 28.0 Å². The van der Waals surface area contributed by atoms with Crippen molar-refractivity contribution >= 4 is 38.6 Å². The lowest BCUT2D eigenvalue weighted by Crippen LogP contribution is -2.41. The number of carbonyl (C=O) groups excluding carboxylic acids is 2. The standard InChI is InChI=1S/C31H32FN3O9S/c1-17-23-12-24-27(13-26(23)35(45(3,39)40)14-22(42-17)16-41-31(38)25(33)15-36)44-29(28(24)30(37)34-2)18-4-8-20(9-5-18)43-21-10-6-19(32)7-11-21/h4-13,17,22,25,36H,14-16,33H2,1-3H3,(H,34,37)/t17-,22-,25-/m0/s1. The van der Waals surface area contributed by atoms with Gasteiger partial charge in [-0.05, 0) is 61.5 Å². The van der Waals surface area contributed by atoms with Crippen LogP contribution < -0.4 is 20.1 Å². The average Bonchev–Trinajstić information content (AvgIpc) is 3.32. The van der Waals surface area contributed by atoms with Gasteiger partial charge in [0.05, 0.1) is 36.8 Å². The van der Waals surface area contributed by atoms with Crippen molar-refractivity contribution in [2.75, 3.05) is 37.4 Å². The lowest BCUT2D eigenvalue weighted by molar-refractivity contribution is -0.151. The number of rotatable bonds is 9. The van der Waals surface area contributed by atoms with Crippen molar-refractivity contribution in [2.24, 2.45) is 5.73 Å². The zero-order chi connectivity index (χ0) is 32.5. The van der Waals surface area contributed by atoms with E-state index >= 15 is 0 Å². The van der Waals surface area contributed by atoms with Crippen LogP contribution in [0.3, 0.4) is 0 Å². The van der Waals surface area contributed by atoms with Crippen LogP contribution in [0.4, 0.5) is 10.1 Å². The van der Waals surface area contributed by atoms with Crippen LogP contribution in [-0.4, -0.2) is 70.6 Å². The molecule has 12 nitrogen and oxygen atoms in total. The van der Waals surface area contributed by atoms with Crippen LogP contribution in [0, 0.1) is 5.82 Å². The highest BCUT2D eigenvalue weighted by molar-refractivity contribution is 7.92. The quantitative estimate of drug-likeness (QED) is 0.230. The SMILES string of the molecule is CNC(=O)c1c(-c2ccc(Oc3ccc(F)cc3)cc2)oc2cc3c(cc12)[C@H](C)O[C@H](COC(=O)[C@@H](N)CO)CN3S(C)(=O)=O. The highest BCUT2D eigenvalue weighted by atomic mass is 32.2. The first-order valence-electron chi connectivity index (χ1n) is 13.9. The molecule has 1 aliphatic rings. The molecule has 0 saturated carbocycles. The van der Waals surface area contributed by atoms with Crippen LogP contribution in [0.25, 0.3) is 22.3 Å². The summed E-state index contributed by atoms with van der Waals surface area (Å²) in [4.78, 5) is 25.2. The van der Waals surface area contributed by atoms with Gasteiger partial charge in [0.1, 0.15) is 47.4 Å². The lowest BCUT2D eigenvalue weighted by atomic mass is 10.0. The molecular weight excluding hydrogens is 609 g/mol. The number of halogens is 1. The first-order chi connectivity index (χ1) is 21.4. The Morgan fingerprint density at radius 2 is 1.78 bits per heavy atom. The van der Waals surface area contributed by atoms with Crippen LogP contribution in [-0.2, 0) is 24.3 Å². The molecule has 5 rings (SSSR count). The van der Waals surface area contributed by atoms with Gasteiger partial charge in [-0.2, -0.15) is 0 Å². The maximum absolute atomic E-state index is 13.3. The fourth-order valence-electron chi connectivity index (χ4n) is 5.01. The Balaban J connectivity index is 1.53. The molecule has 0 bridgehead atoms. The largest absolute Gasteiger partial charge is 0.462 e. The van der Waals surface area contributed by atoms with E-state index in [9.17, 15) is 22.4 Å². The zero-order valence-corrected chi connectivity index (χ0v) is 25.5. The van der Waals surface area contributed by atoms with Crippen molar-refractivity contribution in [2.45, 2.75) is 25.2 Å². The number of nitrogens with zero attached hydrogens (tertiary/aromatic N) is 1. The number of esters is 1. The summed E-state index contributed by atoms with van der Waals surface area (Å²) in [6.45, 7) is 0.617. The van der Waals surface area contributed by atoms with Gasteiger partial charge < -0.3 is 34.8 Å². The summed E-state index contributed by atoms with van der Waals surface area (Å²) in [5.74, 6) is -0.488. The molecule has 4 aromatic rings. The van der Waals surface area contributed by atoms with Gasteiger partial charge in [-0.3, -0.25) is 13.9 Å². The molecule has 45 heavy (non-hydrogen) atoms. The number of hydrogen-bond donors (Lipinski definition) is 3. The Kier molecular flexibility index (Phi) is 9.11. The lowest BCUT2D eigenvalue weighted by Gasteiger charge is -2.25. The van der Waals surface area contributed by atoms with Crippen molar-refractivity contribution in [1.29, 1.82) is 0 Å². The molecule has 1 aliphatic heterocycles. The average molecular weight is 642 g/mol. The van der Waals surface area contributed by atoms with E-state index in [1.165, 1.54) is 31.3 Å². The minimum atomic E-state index is -3.86. The number of sulfonamides is 1. The van der Waals surface area contributed by atoms with Crippen LogP contribution in [0.15, 0.2) is 65.1 Å². The molecule has 0 aliphatic carbocycles. The van der Waals surface area contributed by atoms with Gasteiger partial charge in [-0.25, -0.2) is 12.8 Å². The van der Waals surface area contributed by atoms with Crippen molar-refractivity contribution < 1.29 is 46.1 Å². The van der Waals surface area contributed by atoms with Crippen molar-refractivity contribution in [3.05, 3.63) is 77.6 Å². The topological polar surface area (TPSA) is 171 Å². The summed E-state index contributed by atoms with van der Waals surface area (Å²) in [5.41, 5.74) is 7.31. The van der Waals surface area contributed by atoms with E-state index in [4.69, 9.17) is 29.5 Å². The summed E-state index contributed by atoms with van der Waals surface area (Å²) in [5, 5.41) is 12.2. The number of furan rings is 1. The molecule has 1 amide bonds. The fourth-order valence-corrected chi connectivity index (χ4v) is 5.96. The molecule has 4 N–H and O–H groups in total. The van der Waals surface area contributed by atoms with Gasteiger partial charge >= 0.3 is 5.97 Å². The molecule has 1 aromatic heterocycles. The maximum atomic E-state index is 13.3.